The SMILES string of the molecule is Cc1cc(Nc2ccnc(C3(F)C(F)=CC(CO)=CC3F)n2)n[nH]1. The van der Waals surface area contributed by atoms with Gasteiger partial charge in [-0.25, -0.2) is 23.1 Å². The van der Waals surface area contributed by atoms with Crippen LogP contribution in [0, 0.1) is 6.92 Å². The highest BCUT2D eigenvalue weighted by Gasteiger charge is 2.50. The van der Waals surface area contributed by atoms with Crippen LogP contribution in [0.25, 0.3) is 0 Å². The van der Waals surface area contributed by atoms with Crippen molar-refractivity contribution in [3.63, 3.8) is 0 Å². The van der Waals surface area contributed by atoms with Crippen LogP contribution in [-0.4, -0.2) is 38.1 Å². The Kier molecular flexibility index (Phi) is 4.10. The smallest absolute Gasteiger partial charge is 0.255 e. The van der Waals surface area contributed by atoms with E-state index in [0.29, 0.717) is 5.82 Å². The molecule has 0 bridgehead atoms. The van der Waals surface area contributed by atoms with Crippen LogP contribution in [0.5, 0.6) is 0 Å². The lowest BCUT2D eigenvalue weighted by atomic mass is 9.90. The maximum absolute atomic E-state index is 15.0. The largest absolute Gasteiger partial charge is 0.392 e. The van der Waals surface area contributed by atoms with Crippen molar-refractivity contribution < 1.29 is 18.3 Å². The summed E-state index contributed by atoms with van der Waals surface area (Å²) in [7, 11) is 0. The van der Waals surface area contributed by atoms with Crippen molar-refractivity contribution in [1.29, 1.82) is 0 Å². The monoisotopic (exact) mass is 337 g/mol. The van der Waals surface area contributed by atoms with E-state index in [1.54, 1.807) is 13.0 Å². The van der Waals surface area contributed by atoms with E-state index in [9.17, 15) is 8.78 Å². The average molecular weight is 337 g/mol. The number of aliphatic hydroxyl groups is 1. The third-order valence-electron chi connectivity index (χ3n) is 3.53. The minimum Gasteiger partial charge on any atom is -0.392 e. The average Bonchev–Trinajstić information content (AvgIpc) is 2.97. The highest BCUT2D eigenvalue weighted by atomic mass is 19.2. The summed E-state index contributed by atoms with van der Waals surface area (Å²) >= 11 is 0. The summed E-state index contributed by atoms with van der Waals surface area (Å²) in [5.41, 5.74) is -2.40. The van der Waals surface area contributed by atoms with Crippen molar-refractivity contribution in [2.24, 2.45) is 0 Å². The molecule has 2 atom stereocenters. The lowest BCUT2D eigenvalue weighted by Gasteiger charge is -2.27. The van der Waals surface area contributed by atoms with Gasteiger partial charge in [0.15, 0.2) is 17.8 Å². The van der Waals surface area contributed by atoms with Crippen LogP contribution in [0.1, 0.15) is 11.5 Å². The Hall–Kier alpha value is -2.68. The molecule has 2 aromatic rings. The third-order valence-corrected chi connectivity index (χ3v) is 3.53. The van der Waals surface area contributed by atoms with Gasteiger partial charge in [0.05, 0.1) is 6.61 Å². The zero-order chi connectivity index (χ0) is 17.3. The van der Waals surface area contributed by atoms with Gasteiger partial charge in [-0.2, -0.15) is 5.10 Å². The number of anilines is 2. The van der Waals surface area contributed by atoms with Crippen molar-refractivity contribution in [2.75, 3.05) is 11.9 Å². The molecule has 0 radical (unpaired) electrons. The second kappa shape index (κ2) is 6.08. The first-order valence-electron chi connectivity index (χ1n) is 7.08. The molecule has 0 amide bonds. The second-order valence-electron chi connectivity index (χ2n) is 5.33. The first-order valence-corrected chi connectivity index (χ1v) is 7.08. The van der Waals surface area contributed by atoms with Crippen molar-refractivity contribution in [1.82, 2.24) is 20.2 Å². The lowest BCUT2D eigenvalue weighted by molar-refractivity contribution is 0.0749. The van der Waals surface area contributed by atoms with Gasteiger partial charge in [-0.3, -0.25) is 5.10 Å². The number of hydrogen-bond donors (Lipinski definition) is 3. The zero-order valence-electron chi connectivity index (χ0n) is 12.6. The van der Waals surface area contributed by atoms with Gasteiger partial charge < -0.3 is 10.4 Å². The molecule has 0 aromatic carbocycles. The summed E-state index contributed by atoms with van der Waals surface area (Å²) < 4.78 is 43.4. The van der Waals surface area contributed by atoms with Gasteiger partial charge in [-0.05, 0) is 30.7 Å². The molecule has 2 heterocycles. The fourth-order valence-corrected chi connectivity index (χ4v) is 2.30. The van der Waals surface area contributed by atoms with Crippen molar-refractivity contribution >= 4 is 11.6 Å². The number of hydrogen-bond acceptors (Lipinski definition) is 5. The van der Waals surface area contributed by atoms with E-state index >= 15 is 4.39 Å². The minimum atomic E-state index is -3.14. The number of aryl methyl sites for hydroxylation is 1. The van der Waals surface area contributed by atoms with E-state index < -0.39 is 30.1 Å². The molecule has 0 fully saturated rings. The Labute approximate surface area is 135 Å². The van der Waals surface area contributed by atoms with E-state index in [1.807, 2.05) is 0 Å². The summed E-state index contributed by atoms with van der Waals surface area (Å²) in [4.78, 5) is 7.53. The third kappa shape index (κ3) is 2.78. The maximum Gasteiger partial charge on any atom is 0.255 e. The second-order valence-corrected chi connectivity index (χ2v) is 5.33. The van der Waals surface area contributed by atoms with Crippen molar-refractivity contribution in [3.05, 3.63) is 53.4 Å². The number of alkyl halides is 2. The molecule has 3 N–H and O–H groups in total. The number of halogens is 3. The number of nitrogens with zero attached hydrogens (tertiary/aromatic N) is 3. The molecule has 2 aromatic heterocycles. The summed E-state index contributed by atoms with van der Waals surface area (Å²) in [6.07, 6.45) is 0.393. The van der Waals surface area contributed by atoms with Crippen LogP contribution in [0.4, 0.5) is 24.8 Å². The molecule has 2 unspecified atom stereocenters. The number of H-pyrrole nitrogens is 1. The van der Waals surface area contributed by atoms with E-state index in [0.717, 1.165) is 17.8 Å². The fraction of sp³-hybridized carbons (Fsp3) is 0.267. The predicted molar refractivity (Wildman–Crippen MR) is 80.7 cm³/mol. The summed E-state index contributed by atoms with van der Waals surface area (Å²) in [5, 5.41) is 18.4. The quantitative estimate of drug-likeness (QED) is 0.798. The van der Waals surface area contributed by atoms with E-state index in [4.69, 9.17) is 5.11 Å². The van der Waals surface area contributed by atoms with Gasteiger partial charge in [-0.1, -0.05) is 0 Å². The number of aromatic amines is 1. The molecule has 0 spiro atoms. The molecule has 6 nitrogen and oxygen atoms in total. The molecule has 1 aliphatic carbocycles. The van der Waals surface area contributed by atoms with Crippen LogP contribution < -0.4 is 5.32 Å². The molecule has 1 aliphatic rings. The fourth-order valence-electron chi connectivity index (χ4n) is 2.30. The first kappa shape index (κ1) is 16.2. The van der Waals surface area contributed by atoms with E-state index in [-0.39, 0.29) is 11.4 Å². The standard InChI is InChI=1S/C15H14F3N5O/c1-8-4-13(23-22-8)20-12-2-3-19-14(21-12)15(18)10(16)5-9(7-24)6-11(15)17/h2-6,10,24H,7H2,1H3,(H2,19,20,21,22,23). The van der Waals surface area contributed by atoms with Gasteiger partial charge in [0.2, 0.25) is 0 Å². The molecular weight excluding hydrogens is 323 g/mol. The highest BCUT2D eigenvalue weighted by molar-refractivity contribution is 5.51. The minimum absolute atomic E-state index is 0.0467. The van der Waals surface area contributed by atoms with Gasteiger partial charge in [0.1, 0.15) is 11.6 Å². The van der Waals surface area contributed by atoms with Gasteiger partial charge >= 0.3 is 0 Å². The molecule has 24 heavy (non-hydrogen) atoms. The summed E-state index contributed by atoms with van der Waals surface area (Å²) in [6.45, 7) is 1.20. The Balaban J connectivity index is 1.93. The molecule has 9 heteroatoms. The Morgan fingerprint density at radius 3 is 2.83 bits per heavy atom. The van der Waals surface area contributed by atoms with Crippen LogP contribution in [-0.2, 0) is 5.67 Å². The van der Waals surface area contributed by atoms with Crippen LogP contribution in [0.3, 0.4) is 0 Å². The Morgan fingerprint density at radius 2 is 2.21 bits per heavy atom. The topological polar surface area (TPSA) is 86.7 Å². The first-order chi connectivity index (χ1) is 11.4. The lowest BCUT2D eigenvalue weighted by Crippen LogP contribution is -2.36. The number of aliphatic hydroxyl groups excluding tert-OH is 1. The zero-order valence-corrected chi connectivity index (χ0v) is 12.6. The van der Waals surface area contributed by atoms with Crippen molar-refractivity contribution in [3.8, 4) is 0 Å². The van der Waals surface area contributed by atoms with E-state index in [2.05, 4.69) is 25.5 Å². The van der Waals surface area contributed by atoms with Crippen LogP contribution >= 0.6 is 0 Å². The maximum atomic E-state index is 15.0. The van der Waals surface area contributed by atoms with Crippen LogP contribution in [0.2, 0.25) is 0 Å². The predicted octanol–water partition coefficient (Wildman–Crippen LogP) is 2.54. The molecule has 3 rings (SSSR count). The normalized spacial score (nSPS) is 23.6. The van der Waals surface area contributed by atoms with E-state index in [1.165, 1.54) is 12.3 Å². The Morgan fingerprint density at radius 1 is 1.42 bits per heavy atom. The van der Waals surface area contributed by atoms with Crippen molar-refractivity contribution in [2.45, 2.75) is 18.8 Å². The van der Waals surface area contributed by atoms with Gasteiger partial charge in [-0.15, -0.1) is 0 Å². The number of nitrogens with one attached hydrogen (secondary N) is 2. The van der Waals surface area contributed by atoms with Crippen LogP contribution in [0.15, 0.2) is 41.9 Å². The highest BCUT2D eigenvalue weighted by Crippen LogP contribution is 2.42. The molecular formula is C15H14F3N5O. The number of allylic oxidation sites excluding steroid dienone is 2. The molecule has 126 valence electrons. The number of rotatable bonds is 4. The van der Waals surface area contributed by atoms with Gasteiger partial charge in [0, 0.05) is 18.0 Å². The summed E-state index contributed by atoms with van der Waals surface area (Å²) in [6, 6.07) is 3.10. The molecule has 0 saturated carbocycles. The molecule has 0 saturated heterocycles. The molecule has 0 aliphatic heterocycles. The summed E-state index contributed by atoms with van der Waals surface area (Å²) in [5.74, 6) is -1.49. The van der Waals surface area contributed by atoms with Gasteiger partial charge in [0.25, 0.3) is 5.67 Å². The Bertz CT molecular complexity index is 819. The number of aromatic nitrogens is 4.